The van der Waals surface area contributed by atoms with Gasteiger partial charge in [0, 0.05) is 30.5 Å². The van der Waals surface area contributed by atoms with Crippen LogP contribution in [-0.2, 0) is 17.8 Å². The zero-order chi connectivity index (χ0) is 23.1. The molecule has 0 unspecified atom stereocenters. The number of hydrogen-bond donors (Lipinski definition) is 2. The third kappa shape index (κ3) is 6.16. The summed E-state index contributed by atoms with van der Waals surface area (Å²) in [7, 11) is 0. The summed E-state index contributed by atoms with van der Waals surface area (Å²) < 4.78 is 1.77. The Morgan fingerprint density at radius 3 is 2.66 bits per heavy atom. The van der Waals surface area contributed by atoms with Gasteiger partial charge >= 0.3 is 0 Å². The number of rotatable bonds is 11. The molecule has 32 heavy (non-hydrogen) atoms. The molecule has 0 aliphatic heterocycles. The maximum absolute atomic E-state index is 12.3. The lowest BCUT2D eigenvalue weighted by molar-refractivity contribution is -0.384. The van der Waals surface area contributed by atoms with Gasteiger partial charge in [0.1, 0.15) is 5.82 Å². The number of nitrogens with one attached hydrogen (secondary N) is 2. The van der Waals surface area contributed by atoms with Gasteiger partial charge in [-0.1, -0.05) is 30.8 Å². The number of thioether (sulfide) groups is 1. The molecule has 0 fully saturated rings. The smallest absolute Gasteiger partial charge is 0.269 e. The van der Waals surface area contributed by atoms with Gasteiger partial charge in [-0.15, -0.1) is 0 Å². The Morgan fingerprint density at radius 2 is 2.00 bits per heavy atom. The molecular formula is C21H27N7O3S. The quantitative estimate of drug-likeness (QED) is 0.194. The van der Waals surface area contributed by atoms with Crippen LogP contribution in [0.1, 0.15) is 32.8 Å². The Morgan fingerprint density at radius 1 is 1.25 bits per heavy atom. The molecule has 3 aromatic rings. The lowest BCUT2D eigenvalue weighted by Gasteiger charge is -2.12. The molecule has 10 nitrogen and oxygen atoms in total. The van der Waals surface area contributed by atoms with E-state index in [0.717, 1.165) is 29.0 Å². The first-order valence-electron chi connectivity index (χ1n) is 10.5. The van der Waals surface area contributed by atoms with Gasteiger partial charge in [-0.05, 0) is 25.8 Å². The van der Waals surface area contributed by atoms with Crippen molar-refractivity contribution in [3.05, 3.63) is 46.1 Å². The Labute approximate surface area is 190 Å². The monoisotopic (exact) mass is 457 g/mol. The van der Waals surface area contributed by atoms with Crippen molar-refractivity contribution in [2.45, 2.75) is 51.4 Å². The van der Waals surface area contributed by atoms with E-state index in [1.54, 1.807) is 34.8 Å². The van der Waals surface area contributed by atoms with E-state index in [2.05, 4.69) is 46.5 Å². The fourth-order valence-corrected chi connectivity index (χ4v) is 3.72. The molecule has 0 atom stereocenters. The fraction of sp³-hybridized carbons (Fsp3) is 0.429. The van der Waals surface area contributed by atoms with Gasteiger partial charge in [0.05, 0.1) is 29.5 Å². The molecule has 0 saturated heterocycles. The van der Waals surface area contributed by atoms with Crippen LogP contribution in [0.25, 0.3) is 11.0 Å². The van der Waals surface area contributed by atoms with Gasteiger partial charge in [0.2, 0.25) is 5.91 Å². The molecule has 0 bridgehead atoms. The topological polar surface area (TPSA) is 128 Å². The third-order valence-corrected chi connectivity index (χ3v) is 5.55. The number of fused-ring (bicyclic) bond motifs is 1. The van der Waals surface area contributed by atoms with Crippen molar-refractivity contribution < 1.29 is 9.72 Å². The number of nitro benzene ring substituents is 1. The molecule has 2 aromatic heterocycles. The number of carbonyl (C=O) groups is 1. The van der Waals surface area contributed by atoms with Crippen molar-refractivity contribution in [3.8, 4) is 0 Å². The van der Waals surface area contributed by atoms with Crippen molar-refractivity contribution in [3.63, 3.8) is 0 Å². The summed E-state index contributed by atoms with van der Waals surface area (Å²) in [6.45, 7) is 7.07. The highest BCUT2D eigenvalue weighted by Gasteiger charge is 2.14. The van der Waals surface area contributed by atoms with Crippen molar-refractivity contribution in [1.29, 1.82) is 0 Å². The molecule has 11 heteroatoms. The van der Waals surface area contributed by atoms with Crippen molar-refractivity contribution in [2.75, 3.05) is 17.6 Å². The average Bonchev–Trinajstić information content (AvgIpc) is 3.15. The number of aromatic nitrogens is 4. The zero-order valence-corrected chi connectivity index (χ0v) is 19.2. The van der Waals surface area contributed by atoms with Crippen LogP contribution in [0.5, 0.6) is 0 Å². The SMILES string of the molecule is CCCSc1nc(NC(C)C)c2cnn(CCNC(=O)Cc3ccc([N+](=O)[O-])cc3)c2n1. The van der Waals surface area contributed by atoms with E-state index >= 15 is 0 Å². The van der Waals surface area contributed by atoms with Gasteiger partial charge in [-0.3, -0.25) is 14.9 Å². The zero-order valence-electron chi connectivity index (χ0n) is 18.4. The molecular weight excluding hydrogens is 430 g/mol. The number of carbonyl (C=O) groups excluding carboxylic acids is 1. The second-order valence-corrected chi connectivity index (χ2v) is 8.62. The second-order valence-electron chi connectivity index (χ2n) is 7.56. The van der Waals surface area contributed by atoms with Crippen LogP contribution in [0.15, 0.2) is 35.6 Å². The summed E-state index contributed by atoms with van der Waals surface area (Å²) in [6, 6.07) is 6.20. The van der Waals surface area contributed by atoms with Crippen molar-refractivity contribution >= 4 is 40.2 Å². The second kappa shape index (κ2) is 10.9. The lowest BCUT2D eigenvalue weighted by Crippen LogP contribution is -2.28. The standard InChI is InChI=1S/C21H27N7O3S/c1-4-11-32-21-25-19(24-14(2)3)17-13-23-27(20(17)26-21)10-9-22-18(29)12-15-5-7-16(8-6-15)28(30)31/h5-8,13-14H,4,9-12H2,1-3H3,(H,22,29)(H,24,25,26). The summed E-state index contributed by atoms with van der Waals surface area (Å²) in [4.78, 5) is 31.8. The Bertz CT molecular complexity index is 1080. The van der Waals surface area contributed by atoms with E-state index in [4.69, 9.17) is 0 Å². The summed E-state index contributed by atoms with van der Waals surface area (Å²) in [5, 5.41) is 22.9. The first-order chi connectivity index (χ1) is 15.4. The number of non-ortho nitro benzene ring substituents is 1. The number of anilines is 1. The van der Waals surface area contributed by atoms with Gasteiger partial charge in [-0.25, -0.2) is 14.6 Å². The summed E-state index contributed by atoms with van der Waals surface area (Å²) in [5.74, 6) is 1.53. The normalized spacial score (nSPS) is 11.1. The van der Waals surface area contributed by atoms with Crippen LogP contribution in [0.2, 0.25) is 0 Å². The molecule has 170 valence electrons. The molecule has 0 aliphatic rings. The van der Waals surface area contributed by atoms with E-state index < -0.39 is 4.92 Å². The third-order valence-electron chi connectivity index (χ3n) is 4.49. The van der Waals surface area contributed by atoms with E-state index in [9.17, 15) is 14.9 Å². The number of amides is 1. The number of nitrogens with zero attached hydrogens (tertiary/aromatic N) is 5. The minimum Gasteiger partial charge on any atom is -0.367 e. The Hall–Kier alpha value is -3.21. The lowest BCUT2D eigenvalue weighted by atomic mass is 10.1. The molecule has 2 N–H and O–H groups in total. The first kappa shape index (κ1) is 23.5. The summed E-state index contributed by atoms with van der Waals surface area (Å²) >= 11 is 1.61. The number of hydrogen-bond acceptors (Lipinski definition) is 8. The molecule has 1 amide bonds. The molecule has 0 spiro atoms. The molecule has 1 aromatic carbocycles. The number of nitro groups is 1. The van der Waals surface area contributed by atoms with Crippen molar-refractivity contribution in [1.82, 2.24) is 25.1 Å². The van der Waals surface area contributed by atoms with Crippen LogP contribution in [-0.4, -0.2) is 48.9 Å². The van der Waals surface area contributed by atoms with Crippen LogP contribution >= 0.6 is 11.8 Å². The minimum absolute atomic E-state index is 0.00417. The number of benzene rings is 1. The van der Waals surface area contributed by atoms with E-state index in [1.165, 1.54) is 12.1 Å². The maximum atomic E-state index is 12.3. The molecule has 3 rings (SSSR count). The van der Waals surface area contributed by atoms with Crippen LogP contribution in [0.3, 0.4) is 0 Å². The van der Waals surface area contributed by atoms with E-state index in [1.807, 2.05) is 0 Å². The van der Waals surface area contributed by atoms with Gasteiger partial charge in [0.25, 0.3) is 5.69 Å². The Kier molecular flexibility index (Phi) is 7.98. The van der Waals surface area contributed by atoms with Crippen LogP contribution in [0, 0.1) is 10.1 Å². The summed E-state index contributed by atoms with van der Waals surface area (Å²) in [6.07, 6.45) is 2.92. The molecule has 0 radical (unpaired) electrons. The Balaban J connectivity index is 1.65. The van der Waals surface area contributed by atoms with Crippen LogP contribution < -0.4 is 10.6 Å². The molecule has 2 heterocycles. The highest BCUT2D eigenvalue weighted by Crippen LogP contribution is 2.25. The minimum atomic E-state index is -0.462. The van der Waals surface area contributed by atoms with Crippen molar-refractivity contribution in [2.24, 2.45) is 0 Å². The average molecular weight is 458 g/mol. The van der Waals surface area contributed by atoms with Gasteiger partial charge in [0.15, 0.2) is 10.8 Å². The highest BCUT2D eigenvalue weighted by molar-refractivity contribution is 7.99. The maximum Gasteiger partial charge on any atom is 0.269 e. The fourth-order valence-electron chi connectivity index (χ4n) is 3.02. The first-order valence-corrected chi connectivity index (χ1v) is 11.5. The molecule has 0 saturated carbocycles. The van der Waals surface area contributed by atoms with Gasteiger partial charge in [-0.2, -0.15) is 5.10 Å². The largest absolute Gasteiger partial charge is 0.367 e. The van der Waals surface area contributed by atoms with Crippen LogP contribution in [0.4, 0.5) is 11.5 Å². The van der Waals surface area contributed by atoms with E-state index in [-0.39, 0.29) is 24.1 Å². The highest BCUT2D eigenvalue weighted by atomic mass is 32.2. The molecule has 0 aliphatic carbocycles. The predicted octanol–water partition coefficient (Wildman–Crippen LogP) is 3.42. The predicted molar refractivity (Wildman–Crippen MR) is 125 cm³/mol. The summed E-state index contributed by atoms with van der Waals surface area (Å²) in [5.41, 5.74) is 1.45. The van der Waals surface area contributed by atoms with E-state index in [0.29, 0.717) is 23.8 Å². The van der Waals surface area contributed by atoms with Gasteiger partial charge < -0.3 is 10.6 Å².